The fourth-order valence-electron chi connectivity index (χ4n) is 2.88. The first-order chi connectivity index (χ1) is 16.7. The highest BCUT2D eigenvalue weighted by molar-refractivity contribution is 6.33. The summed E-state index contributed by atoms with van der Waals surface area (Å²) in [6.45, 7) is -0.320. The number of amides is 2. The number of hydrogen-bond acceptors (Lipinski definition) is 4. The Balaban J connectivity index is 1.66. The number of ether oxygens (including phenoxy) is 1. The molecule has 0 spiro atoms. The van der Waals surface area contributed by atoms with Gasteiger partial charge >= 0.3 is 6.18 Å². The zero-order valence-corrected chi connectivity index (χ0v) is 18.7. The molecular weight excluding hydrogens is 483 g/mol. The number of hydrogen-bond donors (Lipinski definition) is 2. The van der Waals surface area contributed by atoms with Gasteiger partial charge in [-0.15, -0.1) is 0 Å². The van der Waals surface area contributed by atoms with Crippen LogP contribution in [0.1, 0.15) is 11.1 Å². The highest BCUT2D eigenvalue weighted by Crippen LogP contribution is 2.30. The van der Waals surface area contributed by atoms with Crippen LogP contribution >= 0.6 is 11.6 Å². The van der Waals surface area contributed by atoms with Crippen LogP contribution in [0.4, 0.5) is 24.5 Å². The highest BCUT2D eigenvalue weighted by Gasteiger charge is 2.30. The van der Waals surface area contributed by atoms with E-state index in [-0.39, 0.29) is 17.9 Å². The van der Waals surface area contributed by atoms with E-state index in [9.17, 15) is 28.0 Å². The molecule has 0 fully saturated rings. The zero-order valence-electron chi connectivity index (χ0n) is 17.9. The molecule has 0 radical (unpaired) electrons. The number of carbonyl (C=O) groups is 2. The van der Waals surface area contributed by atoms with Crippen molar-refractivity contribution >= 4 is 40.9 Å². The topological polar surface area (TPSA) is 91.2 Å². The lowest BCUT2D eigenvalue weighted by atomic mass is 10.1. The van der Waals surface area contributed by atoms with E-state index < -0.39 is 23.6 Å². The number of para-hydroxylation sites is 1. The second kappa shape index (κ2) is 11.2. The Bertz CT molecular complexity index is 1320. The van der Waals surface area contributed by atoms with E-state index in [4.69, 9.17) is 16.3 Å². The van der Waals surface area contributed by atoms with Gasteiger partial charge < -0.3 is 15.4 Å². The zero-order chi connectivity index (χ0) is 25.4. The molecule has 0 aliphatic heterocycles. The SMILES string of the molecule is N#C/C(=C\c1cccc(OCC(=O)Nc2ccccc2Cl)c1)C(=O)Nc1cccc(C(F)(F)F)c1. The molecule has 3 aromatic carbocycles. The number of nitriles is 1. The molecule has 0 aliphatic carbocycles. The Kier molecular flexibility index (Phi) is 8.12. The molecule has 0 aliphatic rings. The Morgan fingerprint density at radius 2 is 1.74 bits per heavy atom. The summed E-state index contributed by atoms with van der Waals surface area (Å²) in [5, 5.41) is 14.6. The molecule has 3 aromatic rings. The van der Waals surface area contributed by atoms with Gasteiger partial charge in [-0.1, -0.05) is 41.9 Å². The van der Waals surface area contributed by atoms with E-state index >= 15 is 0 Å². The standard InChI is InChI=1S/C25H17ClF3N3O3/c26-21-9-1-2-10-22(21)32-23(33)15-35-20-8-3-5-16(12-20)11-17(14-30)24(34)31-19-7-4-6-18(13-19)25(27,28)29/h1-13H,15H2,(H,31,34)(H,32,33)/b17-11+. The maximum Gasteiger partial charge on any atom is 0.416 e. The molecule has 0 saturated carbocycles. The number of anilines is 2. The van der Waals surface area contributed by atoms with E-state index in [1.165, 1.54) is 18.2 Å². The van der Waals surface area contributed by atoms with E-state index in [0.717, 1.165) is 18.2 Å². The van der Waals surface area contributed by atoms with Gasteiger partial charge in [0.05, 0.1) is 16.3 Å². The van der Waals surface area contributed by atoms with Crippen molar-refractivity contribution in [1.82, 2.24) is 0 Å². The first kappa shape index (κ1) is 25.3. The molecule has 35 heavy (non-hydrogen) atoms. The summed E-state index contributed by atoms with van der Waals surface area (Å²) >= 11 is 6.00. The fourth-order valence-corrected chi connectivity index (χ4v) is 3.06. The predicted octanol–water partition coefficient (Wildman–Crippen LogP) is 5.92. The fraction of sp³-hybridized carbons (Fsp3) is 0.0800. The van der Waals surface area contributed by atoms with Gasteiger partial charge in [-0.25, -0.2) is 0 Å². The predicted molar refractivity (Wildman–Crippen MR) is 126 cm³/mol. The van der Waals surface area contributed by atoms with Crippen LogP contribution in [0.5, 0.6) is 5.75 Å². The van der Waals surface area contributed by atoms with Gasteiger partial charge in [-0.3, -0.25) is 9.59 Å². The third kappa shape index (κ3) is 7.35. The largest absolute Gasteiger partial charge is 0.484 e. The number of nitrogens with one attached hydrogen (secondary N) is 2. The molecule has 0 bridgehead atoms. The summed E-state index contributed by atoms with van der Waals surface area (Å²) in [4.78, 5) is 24.6. The molecule has 178 valence electrons. The van der Waals surface area contributed by atoms with Crippen LogP contribution in [0.15, 0.2) is 78.4 Å². The molecule has 3 rings (SSSR count). The molecule has 2 N–H and O–H groups in total. The van der Waals surface area contributed by atoms with Crippen LogP contribution < -0.4 is 15.4 Å². The monoisotopic (exact) mass is 499 g/mol. The average molecular weight is 500 g/mol. The van der Waals surface area contributed by atoms with Crippen molar-refractivity contribution in [2.24, 2.45) is 0 Å². The van der Waals surface area contributed by atoms with Gasteiger partial charge in [0.25, 0.3) is 11.8 Å². The number of nitrogens with zero attached hydrogens (tertiary/aromatic N) is 1. The van der Waals surface area contributed by atoms with Gasteiger partial charge in [0.15, 0.2) is 6.61 Å². The van der Waals surface area contributed by atoms with E-state index in [0.29, 0.717) is 22.0 Å². The van der Waals surface area contributed by atoms with Gasteiger partial charge in [0, 0.05) is 5.69 Å². The normalized spacial score (nSPS) is 11.3. The van der Waals surface area contributed by atoms with Gasteiger partial charge in [0.1, 0.15) is 17.4 Å². The minimum absolute atomic E-state index is 0.104. The van der Waals surface area contributed by atoms with Crippen molar-refractivity contribution in [1.29, 1.82) is 5.26 Å². The molecule has 2 amide bonds. The summed E-state index contributed by atoms with van der Waals surface area (Å²) in [6.07, 6.45) is -3.32. The van der Waals surface area contributed by atoms with Crippen LogP contribution in [0.3, 0.4) is 0 Å². The summed E-state index contributed by atoms with van der Waals surface area (Å²) in [5.41, 5.74) is -0.528. The van der Waals surface area contributed by atoms with Crippen molar-refractivity contribution in [3.05, 3.63) is 94.5 Å². The summed E-state index contributed by atoms with van der Waals surface area (Å²) in [6, 6.07) is 18.8. The highest BCUT2D eigenvalue weighted by atomic mass is 35.5. The van der Waals surface area contributed by atoms with Crippen LogP contribution in [0.25, 0.3) is 6.08 Å². The van der Waals surface area contributed by atoms with Crippen molar-refractivity contribution < 1.29 is 27.5 Å². The second-order valence-corrected chi connectivity index (χ2v) is 7.50. The minimum Gasteiger partial charge on any atom is -0.484 e. The molecule has 10 heteroatoms. The number of alkyl halides is 3. The summed E-state index contributed by atoms with van der Waals surface area (Å²) in [5.74, 6) is -1.03. The maximum atomic E-state index is 12.9. The van der Waals surface area contributed by atoms with E-state index in [1.54, 1.807) is 48.5 Å². The molecule has 0 aromatic heterocycles. The quantitative estimate of drug-likeness (QED) is 0.312. The number of benzene rings is 3. The Hall–Kier alpha value is -4.29. The minimum atomic E-state index is -4.57. The van der Waals surface area contributed by atoms with Gasteiger partial charge in [-0.2, -0.15) is 18.4 Å². The van der Waals surface area contributed by atoms with Crippen LogP contribution in [-0.2, 0) is 15.8 Å². The maximum absolute atomic E-state index is 12.9. The van der Waals surface area contributed by atoms with Crippen molar-refractivity contribution in [2.45, 2.75) is 6.18 Å². The smallest absolute Gasteiger partial charge is 0.416 e. The molecule has 0 unspecified atom stereocenters. The van der Waals surface area contributed by atoms with Crippen LogP contribution in [0.2, 0.25) is 5.02 Å². The third-order valence-electron chi connectivity index (χ3n) is 4.50. The molecule has 0 saturated heterocycles. The second-order valence-electron chi connectivity index (χ2n) is 7.09. The van der Waals surface area contributed by atoms with E-state index in [1.807, 2.05) is 0 Å². The molecular formula is C25H17ClF3N3O3. The first-order valence-corrected chi connectivity index (χ1v) is 10.4. The van der Waals surface area contributed by atoms with Crippen molar-refractivity contribution in [3.63, 3.8) is 0 Å². The van der Waals surface area contributed by atoms with E-state index in [2.05, 4.69) is 10.6 Å². The Morgan fingerprint density at radius 1 is 1.00 bits per heavy atom. The lowest BCUT2D eigenvalue weighted by Gasteiger charge is -2.10. The average Bonchev–Trinajstić information content (AvgIpc) is 2.82. The van der Waals surface area contributed by atoms with Gasteiger partial charge in [-0.05, 0) is 54.1 Å². The molecule has 6 nitrogen and oxygen atoms in total. The first-order valence-electron chi connectivity index (χ1n) is 10.0. The Morgan fingerprint density at radius 3 is 2.46 bits per heavy atom. The number of halogens is 4. The van der Waals surface area contributed by atoms with Crippen LogP contribution in [-0.4, -0.2) is 18.4 Å². The Labute approximate surface area is 203 Å². The number of rotatable bonds is 7. The van der Waals surface area contributed by atoms with Crippen LogP contribution in [0, 0.1) is 11.3 Å². The summed E-state index contributed by atoms with van der Waals surface area (Å²) in [7, 11) is 0. The number of carbonyl (C=O) groups excluding carboxylic acids is 2. The van der Waals surface area contributed by atoms with Gasteiger partial charge in [0.2, 0.25) is 0 Å². The van der Waals surface area contributed by atoms with Crippen molar-refractivity contribution in [2.75, 3.05) is 17.2 Å². The molecule has 0 atom stereocenters. The summed E-state index contributed by atoms with van der Waals surface area (Å²) < 4.78 is 44.1. The molecule has 0 heterocycles. The lowest BCUT2D eigenvalue weighted by molar-refractivity contribution is -0.137. The lowest BCUT2D eigenvalue weighted by Crippen LogP contribution is -2.20. The third-order valence-corrected chi connectivity index (χ3v) is 4.83. The van der Waals surface area contributed by atoms with Crippen molar-refractivity contribution in [3.8, 4) is 11.8 Å².